The predicted octanol–water partition coefficient (Wildman–Crippen LogP) is 4.32. The van der Waals surface area contributed by atoms with Crippen molar-refractivity contribution >= 4 is 34.4 Å². The molecule has 0 radical (unpaired) electrons. The third-order valence-electron chi connectivity index (χ3n) is 9.40. The summed E-state index contributed by atoms with van der Waals surface area (Å²) in [5.74, 6) is -1.30. The number of unbranched alkanes of at least 4 members (excludes halogenated alkanes) is 2. The summed E-state index contributed by atoms with van der Waals surface area (Å²) >= 11 is 0. The van der Waals surface area contributed by atoms with E-state index >= 15 is 0 Å². The van der Waals surface area contributed by atoms with Crippen LogP contribution in [0.15, 0.2) is 71.2 Å². The van der Waals surface area contributed by atoms with Crippen LogP contribution in [-0.2, 0) is 4.79 Å². The molecule has 1 heterocycles. The van der Waals surface area contributed by atoms with Gasteiger partial charge in [0.25, 0.3) is 5.91 Å². The number of amides is 2. The second-order valence-corrected chi connectivity index (χ2v) is 13.6. The van der Waals surface area contributed by atoms with E-state index in [0.717, 1.165) is 54.1 Å². The Morgan fingerprint density at radius 1 is 0.900 bits per heavy atom. The number of allylic oxidation sites excluding steroid dienone is 2. The van der Waals surface area contributed by atoms with Crippen LogP contribution in [0.25, 0.3) is 33.4 Å². The molecule has 2 aliphatic carbocycles. The highest BCUT2D eigenvalue weighted by atomic mass is 16.4. The van der Waals surface area contributed by atoms with Crippen LogP contribution in [0.2, 0.25) is 0 Å². The number of aromatic carboxylic acids is 1. The van der Waals surface area contributed by atoms with Crippen molar-refractivity contribution in [2.45, 2.75) is 63.4 Å². The van der Waals surface area contributed by atoms with Gasteiger partial charge in [0.1, 0.15) is 25.4 Å². The fraction of sp³-hybridized carbons (Fsp3) is 0.400. The van der Waals surface area contributed by atoms with Crippen molar-refractivity contribution in [1.82, 2.24) is 15.2 Å². The highest BCUT2D eigenvalue weighted by Gasteiger charge is 2.29. The molecule has 10 nitrogen and oxygen atoms in total. The second kappa shape index (κ2) is 16.2. The molecule has 0 spiro atoms. The third-order valence-corrected chi connectivity index (χ3v) is 9.40. The molecule has 0 saturated carbocycles. The number of benzene rings is 3. The topological polar surface area (TPSA) is 138 Å². The first-order chi connectivity index (χ1) is 24.0. The normalized spacial score (nSPS) is 16.7. The van der Waals surface area contributed by atoms with Gasteiger partial charge in [-0.05, 0) is 87.3 Å². The van der Waals surface area contributed by atoms with Gasteiger partial charge in [0.2, 0.25) is 11.3 Å². The maximum atomic E-state index is 13.1. The molecule has 1 aliphatic heterocycles. The number of carboxylic acid groups (broad SMARTS) is 1. The Labute approximate surface area is 293 Å². The molecule has 3 N–H and O–H groups in total. The van der Waals surface area contributed by atoms with Crippen LogP contribution in [0.1, 0.15) is 78.5 Å². The molecule has 1 atom stereocenters. The van der Waals surface area contributed by atoms with Crippen molar-refractivity contribution in [3.63, 3.8) is 0 Å². The molecule has 0 bridgehead atoms. The van der Waals surface area contributed by atoms with E-state index in [1.807, 2.05) is 74.1 Å². The van der Waals surface area contributed by atoms with Crippen molar-refractivity contribution < 1.29 is 29.0 Å². The molecule has 264 valence electrons. The quantitative estimate of drug-likeness (QED) is 0.0877. The van der Waals surface area contributed by atoms with Gasteiger partial charge in [-0.1, -0.05) is 18.2 Å². The number of carbonyl (C=O) groups is 3. The first-order valence-corrected chi connectivity index (χ1v) is 17.4. The van der Waals surface area contributed by atoms with E-state index in [1.165, 1.54) is 6.07 Å². The Kier molecular flexibility index (Phi) is 11.7. The summed E-state index contributed by atoms with van der Waals surface area (Å²) in [5.41, 5.74) is 2.59. The SMILES string of the molecule is CN(C)c1ccc2c(-c3ccc(C(=O)NCCCCCNC(=O)C[C@]4(O)CC/C=C/CCC4)cc3C(=O)[O-])c3ccc(=[N+](C)C)cc-3oc2c1. The molecule has 2 aromatic carbocycles. The lowest BCUT2D eigenvalue weighted by molar-refractivity contribution is -0.254. The molecule has 2 amide bonds. The fourth-order valence-electron chi connectivity index (χ4n) is 6.54. The Bertz CT molecular complexity index is 1940. The van der Waals surface area contributed by atoms with Crippen LogP contribution in [0.5, 0.6) is 0 Å². The summed E-state index contributed by atoms with van der Waals surface area (Å²) in [6.07, 6.45) is 10.3. The van der Waals surface area contributed by atoms with Crippen molar-refractivity contribution in [1.29, 1.82) is 0 Å². The molecular formula is C40H48N4O6. The molecule has 0 fully saturated rings. The van der Waals surface area contributed by atoms with Gasteiger partial charge in [0.05, 0.1) is 24.1 Å². The van der Waals surface area contributed by atoms with Crippen LogP contribution >= 0.6 is 0 Å². The van der Waals surface area contributed by atoms with Gasteiger partial charge in [-0.2, -0.15) is 0 Å². The van der Waals surface area contributed by atoms with E-state index in [0.29, 0.717) is 54.8 Å². The minimum Gasteiger partial charge on any atom is -0.545 e. The van der Waals surface area contributed by atoms with Crippen molar-refractivity contribution in [2.24, 2.45) is 0 Å². The molecular weight excluding hydrogens is 632 g/mol. The molecule has 5 rings (SSSR count). The minimum absolute atomic E-state index is 0.0870. The van der Waals surface area contributed by atoms with E-state index in [4.69, 9.17) is 4.42 Å². The molecule has 0 saturated heterocycles. The minimum atomic E-state index is -1.38. The van der Waals surface area contributed by atoms with Gasteiger partial charge in [0, 0.05) is 72.6 Å². The summed E-state index contributed by atoms with van der Waals surface area (Å²) in [6, 6.07) is 16.3. The monoisotopic (exact) mass is 680 g/mol. The van der Waals surface area contributed by atoms with E-state index in [-0.39, 0.29) is 29.4 Å². The first kappa shape index (κ1) is 36.3. The number of carbonyl (C=O) groups excluding carboxylic acids is 3. The van der Waals surface area contributed by atoms with E-state index in [1.54, 1.807) is 12.1 Å². The average molecular weight is 681 g/mol. The number of aliphatic hydroxyl groups is 1. The van der Waals surface area contributed by atoms with Gasteiger partial charge in [-0.25, -0.2) is 4.58 Å². The highest BCUT2D eigenvalue weighted by Crippen LogP contribution is 2.42. The molecule has 3 aliphatic rings. The lowest BCUT2D eigenvalue weighted by Gasteiger charge is -2.28. The largest absolute Gasteiger partial charge is 0.545 e. The summed E-state index contributed by atoms with van der Waals surface area (Å²) in [7, 11) is 7.76. The van der Waals surface area contributed by atoms with Crippen LogP contribution in [-0.4, -0.2) is 69.8 Å². The Balaban J connectivity index is 1.25. The van der Waals surface area contributed by atoms with Gasteiger partial charge in [0.15, 0.2) is 0 Å². The molecule has 0 aromatic heterocycles. The first-order valence-electron chi connectivity index (χ1n) is 17.4. The van der Waals surface area contributed by atoms with Gasteiger partial charge < -0.3 is 35.0 Å². The van der Waals surface area contributed by atoms with E-state index < -0.39 is 11.6 Å². The van der Waals surface area contributed by atoms with Crippen molar-refractivity contribution in [2.75, 3.05) is 46.2 Å². The standard InChI is InChI=1S/C40H48N4O6/c1-43(2)28-14-17-31-34(24-28)50-35-25-29(44(3)4)15-18-32(35)37(31)30-16-13-27(23-33(30)39(47)48)38(46)42-22-12-8-11-21-41-36(45)26-40(49)19-9-6-5-7-10-20-40/h5-6,13-18,23-25,49H,7-12,19-22,26H2,1-4H3,(H2-,41,42,45,46,47,48)/b6-5+/t40-/m0/s1. The van der Waals surface area contributed by atoms with Gasteiger partial charge in [-0.15, -0.1) is 0 Å². The molecule has 0 unspecified atom stereocenters. The van der Waals surface area contributed by atoms with Crippen LogP contribution in [0.3, 0.4) is 0 Å². The number of carboxylic acids is 1. The number of hydrogen-bond acceptors (Lipinski definition) is 7. The van der Waals surface area contributed by atoms with Crippen LogP contribution < -0.4 is 30.6 Å². The summed E-state index contributed by atoms with van der Waals surface area (Å²) < 4.78 is 8.34. The number of fused-ring (bicyclic) bond motifs is 2. The number of nitrogens with zero attached hydrogens (tertiary/aromatic N) is 2. The number of anilines is 1. The number of rotatable bonds is 12. The molecule has 50 heavy (non-hydrogen) atoms. The zero-order chi connectivity index (χ0) is 35.8. The van der Waals surface area contributed by atoms with E-state index in [9.17, 15) is 24.6 Å². The lowest BCUT2D eigenvalue weighted by atomic mass is 9.86. The van der Waals surface area contributed by atoms with Crippen LogP contribution in [0.4, 0.5) is 5.69 Å². The molecule has 2 aromatic rings. The van der Waals surface area contributed by atoms with Crippen LogP contribution in [0, 0.1) is 0 Å². The third kappa shape index (κ3) is 8.79. The highest BCUT2D eigenvalue weighted by molar-refractivity contribution is 6.09. The van der Waals surface area contributed by atoms with Crippen molar-refractivity contribution in [3.8, 4) is 22.5 Å². The fourth-order valence-corrected chi connectivity index (χ4v) is 6.54. The second-order valence-electron chi connectivity index (χ2n) is 13.6. The van der Waals surface area contributed by atoms with Gasteiger partial charge >= 0.3 is 0 Å². The number of nitrogens with one attached hydrogen (secondary N) is 2. The summed E-state index contributed by atoms with van der Waals surface area (Å²) in [6.45, 7) is 0.905. The summed E-state index contributed by atoms with van der Waals surface area (Å²) in [5, 5.41) is 30.9. The Morgan fingerprint density at radius 3 is 2.38 bits per heavy atom. The van der Waals surface area contributed by atoms with E-state index in [2.05, 4.69) is 22.8 Å². The average Bonchev–Trinajstić information content (AvgIpc) is 3.07. The predicted molar refractivity (Wildman–Crippen MR) is 195 cm³/mol. The smallest absolute Gasteiger partial charge is 0.251 e. The summed E-state index contributed by atoms with van der Waals surface area (Å²) in [4.78, 5) is 40.1. The number of hydrogen-bond donors (Lipinski definition) is 3. The lowest BCUT2D eigenvalue weighted by Crippen LogP contribution is -2.37. The Morgan fingerprint density at radius 2 is 1.64 bits per heavy atom. The Hall–Kier alpha value is -4.96. The zero-order valence-corrected chi connectivity index (χ0v) is 29.5. The maximum absolute atomic E-state index is 13.1. The maximum Gasteiger partial charge on any atom is 0.251 e. The van der Waals surface area contributed by atoms with Crippen molar-refractivity contribution in [3.05, 3.63) is 83.2 Å². The zero-order valence-electron chi connectivity index (χ0n) is 29.5. The molecule has 10 heteroatoms. The van der Waals surface area contributed by atoms with Gasteiger partial charge in [-0.3, -0.25) is 9.59 Å².